The van der Waals surface area contributed by atoms with Crippen LogP contribution in [0.15, 0.2) is 0 Å². The Morgan fingerprint density at radius 2 is 1.50 bits per heavy atom. The van der Waals surface area contributed by atoms with Crippen LogP contribution in [0.2, 0.25) is 0 Å². The molecule has 3 aliphatic rings. The highest BCUT2D eigenvalue weighted by Gasteiger charge is 2.41. The molecular formula is C20H36N2. The first-order valence-corrected chi connectivity index (χ1v) is 9.17. The molecule has 0 unspecified atom stereocenters. The maximum atomic E-state index is 8.37. The zero-order valence-corrected chi connectivity index (χ0v) is 15.3. The maximum Gasteiger partial charge on any atom is 0.0624 e. The van der Waals surface area contributed by atoms with E-state index in [-0.39, 0.29) is 0 Å². The van der Waals surface area contributed by atoms with Gasteiger partial charge in [-0.3, -0.25) is 0 Å². The number of hydrogen-bond acceptors (Lipinski definition) is 2. The highest BCUT2D eigenvalue weighted by Crippen LogP contribution is 2.43. The monoisotopic (exact) mass is 304 g/mol. The Labute approximate surface area is 139 Å². The van der Waals surface area contributed by atoms with Crippen LogP contribution in [0.1, 0.15) is 85.5 Å². The molecule has 1 spiro atoms. The molecule has 1 heterocycles. The molecule has 2 aliphatic carbocycles. The summed E-state index contributed by atoms with van der Waals surface area (Å²) in [7, 11) is 0. The van der Waals surface area contributed by atoms with Crippen LogP contribution in [0, 0.1) is 34.5 Å². The van der Waals surface area contributed by atoms with Gasteiger partial charge in [0.05, 0.1) is 6.07 Å². The average Bonchev–Trinajstić information content (AvgIpc) is 2.49. The summed E-state index contributed by atoms with van der Waals surface area (Å²) < 4.78 is 0. The van der Waals surface area contributed by atoms with Crippen LogP contribution in [0.4, 0.5) is 0 Å². The van der Waals surface area contributed by atoms with Gasteiger partial charge in [-0.15, -0.1) is 11.8 Å². The van der Waals surface area contributed by atoms with E-state index in [2.05, 4.69) is 23.2 Å². The lowest BCUT2D eigenvalue weighted by Gasteiger charge is -2.49. The number of rotatable bonds is 1. The minimum absolute atomic E-state index is 0.740. The van der Waals surface area contributed by atoms with E-state index in [0.717, 1.165) is 17.8 Å². The van der Waals surface area contributed by atoms with Gasteiger partial charge in [0.1, 0.15) is 0 Å². The quantitative estimate of drug-likeness (QED) is 0.668. The fourth-order valence-corrected chi connectivity index (χ4v) is 3.03. The minimum atomic E-state index is 0.740. The number of nitrogens with one attached hydrogen (secondary N) is 1. The van der Waals surface area contributed by atoms with Crippen LogP contribution in [0.3, 0.4) is 0 Å². The van der Waals surface area contributed by atoms with Gasteiger partial charge in [0.15, 0.2) is 0 Å². The number of nitrogens with zero attached hydrogens (tertiary/aromatic N) is 1. The Hall–Kier alpha value is -0.990. The predicted octanol–water partition coefficient (Wildman–Crippen LogP) is 5.30. The lowest BCUT2D eigenvalue weighted by molar-refractivity contribution is 0.0603. The first-order valence-electron chi connectivity index (χ1n) is 9.17. The Kier molecular flexibility index (Phi) is 13.0. The van der Waals surface area contributed by atoms with Gasteiger partial charge in [0, 0.05) is 19.5 Å². The Morgan fingerprint density at radius 3 is 1.73 bits per heavy atom. The third-order valence-electron chi connectivity index (χ3n) is 4.77. The zero-order chi connectivity index (χ0) is 16.7. The van der Waals surface area contributed by atoms with Crippen molar-refractivity contribution in [2.24, 2.45) is 11.3 Å². The molecule has 0 aromatic heterocycles. The lowest BCUT2D eigenvalue weighted by Crippen LogP contribution is -2.57. The van der Waals surface area contributed by atoms with Crippen molar-refractivity contribution < 1.29 is 0 Å². The van der Waals surface area contributed by atoms with E-state index in [1.807, 2.05) is 27.7 Å². The van der Waals surface area contributed by atoms with Crippen LogP contribution >= 0.6 is 0 Å². The summed E-state index contributed by atoms with van der Waals surface area (Å²) >= 11 is 0. The van der Waals surface area contributed by atoms with Gasteiger partial charge in [-0.1, -0.05) is 39.5 Å². The van der Waals surface area contributed by atoms with Gasteiger partial charge in [-0.25, -0.2) is 0 Å². The Balaban J connectivity index is 0.000000303. The zero-order valence-electron chi connectivity index (χ0n) is 15.3. The summed E-state index contributed by atoms with van der Waals surface area (Å²) in [6.07, 6.45) is 12.0. The molecule has 0 amide bonds. The molecule has 22 heavy (non-hydrogen) atoms. The summed E-state index contributed by atoms with van der Waals surface area (Å²) in [5, 5.41) is 11.7. The lowest BCUT2D eigenvalue weighted by atomic mass is 9.65. The molecule has 1 saturated heterocycles. The highest BCUT2D eigenvalue weighted by atomic mass is 15.0. The van der Waals surface area contributed by atoms with Crippen molar-refractivity contribution in [3.63, 3.8) is 0 Å². The molecular weight excluding hydrogens is 268 g/mol. The van der Waals surface area contributed by atoms with Crippen molar-refractivity contribution in [3.8, 4) is 17.9 Å². The predicted molar refractivity (Wildman–Crippen MR) is 96.4 cm³/mol. The van der Waals surface area contributed by atoms with Crippen molar-refractivity contribution in [2.45, 2.75) is 85.5 Å². The summed E-state index contributed by atoms with van der Waals surface area (Å²) in [6.45, 7) is 10.3. The molecule has 3 rings (SSSR count). The van der Waals surface area contributed by atoms with E-state index >= 15 is 0 Å². The second-order valence-electron chi connectivity index (χ2n) is 6.32. The summed E-state index contributed by atoms with van der Waals surface area (Å²) in [4.78, 5) is 0. The van der Waals surface area contributed by atoms with Crippen molar-refractivity contribution in [2.75, 3.05) is 13.1 Å². The highest BCUT2D eigenvalue weighted by molar-refractivity contribution is 4.97. The fourth-order valence-electron chi connectivity index (χ4n) is 3.03. The van der Waals surface area contributed by atoms with Gasteiger partial charge in [-0.05, 0) is 50.9 Å². The average molecular weight is 305 g/mol. The van der Waals surface area contributed by atoms with Gasteiger partial charge in [0.2, 0.25) is 0 Å². The van der Waals surface area contributed by atoms with Crippen molar-refractivity contribution in [1.29, 1.82) is 5.26 Å². The molecule has 1 N–H and O–H groups in total. The molecule has 1 aliphatic heterocycles. The van der Waals surface area contributed by atoms with E-state index in [1.54, 1.807) is 0 Å². The second kappa shape index (κ2) is 13.7. The molecule has 2 nitrogen and oxygen atoms in total. The number of hydrogen-bond donors (Lipinski definition) is 1. The molecule has 0 bridgehead atoms. The third kappa shape index (κ3) is 8.45. The van der Waals surface area contributed by atoms with E-state index in [9.17, 15) is 0 Å². The summed E-state index contributed by atoms with van der Waals surface area (Å²) in [5.41, 5.74) is 0.833. The summed E-state index contributed by atoms with van der Waals surface area (Å²) in [5.74, 6) is 6.10. The standard InChI is InChI=1S/C8H13N.C6H11N.C4H6.C2H6/c9-7-6-8-4-2-1-3-5-8;1-2-6(3-1)4-7-5-6;1-3-4-2;1-2/h8H,1-6H2;7H,1-5H2;1-2H3;1-2H3. The van der Waals surface area contributed by atoms with Gasteiger partial charge >= 0.3 is 0 Å². The third-order valence-corrected chi connectivity index (χ3v) is 4.77. The first kappa shape index (κ1) is 21.0. The van der Waals surface area contributed by atoms with E-state index in [0.29, 0.717) is 0 Å². The van der Waals surface area contributed by atoms with Gasteiger partial charge in [-0.2, -0.15) is 5.26 Å². The molecule has 2 heteroatoms. The molecule has 0 radical (unpaired) electrons. The van der Waals surface area contributed by atoms with Crippen LogP contribution in [0.5, 0.6) is 0 Å². The second-order valence-corrected chi connectivity index (χ2v) is 6.32. The van der Waals surface area contributed by atoms with E-state index in [4.69, 9.17) is 5.26 Å². The molecule has 0 aromatic rings. The maximum absolute atomic E-state index is 8.37. The number of nitriles is 1. The molecule has 0 aromatic carbocycles. The van der Waals surface area contributed by atoms with Crippen LogP contribution < -0.4 is 5.32 Å². The largest absolute Gasteiger partial charge is 0.316 e. The van der Waals surface area contributed by atoms with Crippen molar-refractivity contribution >= 4 is 0 Å². The normalized spacial score (nSPS) is 20.5. The fraction of sp³-hybridized carbons (Fsp3) is 0.850. The Bertz CT molecular complexity index is 321. The molecule has 0 atom stereocenters. The van der Waals surface area contributed by atoms with Crippen LogP contribution in [0.25, 0.3) is 0 Å². The van der Waals surface area contributed by atoms with Gasteiger partial charge in [0.25, 0.3) is 0 Å². The van der Waals surface area contributed by atoms with Gasteiger partial charge < -0.3 is 5.32 Å². The minimum Gasteiger partial charge on any atom is -0.316 e. The molecule has 2 saturated carbocycles. The SMILES string of the molecule is C1CC2(C1)CNC2.CC.CC#CC.N#CCC1CCCCC1. The van der Waals surface area contributed by atoms with E-state index in [1.165, 1.54) is 64.5 Å². The molecule has 3 fully saturated rings. The Morgan fingerprint density at radius 1 is 0.955 bits per heavy atom. The summed E-state index contributed by atoms with van der Waals surface area (Å²) in [6, 6.07) is 2.24. The van der Waals surface area contributed by atoms with Crippen molar-refractivity contribution in [3.05, 3.63) is 0 Å². The first-order chi connectivity index (χ1) is 10.8. The molecule has 126 valence electrons. The van der Waals surface area contributed by atoms with E-state index < -0.39 is 0 Å². The smallest absolute Gasteiger partial charge is 0.0624 e. The van der Waals surface area contributed by atoms with Crippen molar-refractivity contribution in [1.82, 2.24) is 5.32 Å². The topological polar surface area (TPSA) is 35.8 Å². The van der Waals surface area contributed by atoms with Crippen LogP contribution in [-0.2, 0) is 0 Å². The van der Waals surface area contributed by atoms with Crippen LogP contribution in [-0.4, -0.2) is 13.1 Å².